The number of hydrogen-bond donors (Lipinski definition) is 2. The first-order valence-electron chi connectivity index (χ1n) is 3.45. The normalized spacial score (nSPS) is 48.3. The minimum Gasteiger partial charge on any atom is -0.373 e. The summed E-state index contributed by atoms with van der Waals surface area (Å²) in [6, 6.07) is 0.212. The monoisotopic (exact) mass is 129 g/mol. The molecule has 0 aliphatic carbocycles. The minimum absolute atomic E-state index is 0.212. The van der Waals surface area contributed by atoms with Gasteiger partial charge in [-0.2, -0.15) is 5.48 Å². The highest BCUT2D eigenvalue weighted by Gasteiger charge is 2.40. The Morgan fingerprint density at radius 1 is 1.44 bits per heavy atom. The molecule has 2 N–H and O–H groups in total. The van der Waals surface area contributed by atoms with Gasteiger partial charge in [-0.25, -0.2) is 0 Å². The largest absolute Gasteiger partial charge is 0.373 e. The molecule has 3 unspecified atom stereocenters. The zero-order valence-electron chi connectivity index (χ0n) is 5.21. The van der Waals surface area contributed by atoms with E-state index in [0.717, 1.165) is 12.8 Å². The molecule has 9 heavy (non-hydrogen) atoms. The molecule has 0 aromatic rings. The van der Waals surface area contributed by atoms with E-state index in [9.17, 15) is 0 Å². The number of fused-ring (bicyclic) bond motifs is 2. The Labute approximate surface area is 54.0 Å². The van der Waals surface area contributed by atoms with Crippen molar-refractivity contribution in [1.29, 1.82) is 0 Å². The van der Waals surface area contributed by atoms with Gasteiger partial charge < -0.3 is 9.94 Å². The molecule has 2 aliphatic heterocycles. The second-order valence-corrected chi connectivity index (χ2v) is 2.85. The predicted octanol–water partition coefficient (Wildman–Crippen LogP) is 0.285. The van der Waals surface area contributed by atoms with Gasteiger partial charge in [0.25, 0.3) is 0 Å². The summed E-state index contributed by atoms with van der Waals surface area (Å²) in [5.41, 5.74) is 2.27. The van der Waals surface area contributed by atoms with Gasteiger partial charge in [-0.15, -0.1) is 0 Å². The first kappa shape index (κ1) is 5.65. The van der Waals surface area contributed by atoms with Crippen LogP contribution in [0.5, 0.6) is 0 Å². The summed E-state index contributed by atoms with van der Waals surface area (Å²) in [6.07, 6.45) is 4.01. The van der Waals surface area contributed by atoms with Crippen LogP contribution in [0.15, 0.2) is 0 Å². The summed E-state index contributed by atoms with van der Waals surface area (Å²) in [7, 11) is 0. The third kappa shape index (κ3) is 0.764. The third-order valence-corrected chi connectivity index (χ3v) is 2.27. The summed E-state index contributed by atoms with van der Waals surface area (Å²) < 4.78 is 5.45. The van der Waals surface area contributed by atoms with Gasteiger partial charge in [0.1, 0.15) is 0 Å². The molecule has 52 valence electrons. The Morgan fingerprint density at radius 2 is 2.33 bits per heavy atom. The van der Waals surface area contributed by atoms with Crippen LogP contribution in [0.1, 0.15) is 19.3 Å². The van der Waals surface area contributed by atoms with Crippen LogP contribution in [0.2, 0.25) is 0 Å². The summed E-state index contributed by atoms with van der Waals surface area (Å²) in [5.74, 6) is 0. The number of nitrogens with one attached hydrogen (secondary N) is 1. The molecule has 0 aromatic carbocycles. The van der Waals surface area contributed by atoms with Crippen LogP contribution >= 0.6 is 0 Å². The highest BCUT2D eigenvalue weighted by atomic mass is 16.5. The molecule has 0 aromatic heterocycles. The summed E-state index contributed by atoms with van der Waals surface area (Å²) in [5, 5.41) is 8.56. The van der Waals surface area contributed by atoms with Crippen LogP contribution < -0.4 is 5.48 Å². The zero-order valence-corrected chi connectivity index (χ0v) is 5.21. The molecular formula is C6H11NO2. The molecule has 3 nitrogen and oxygen atoms in total. The van der Waals surface area contributed by atoms with Gasteiger partial charge >= 0.3 is 0 Å². The molecular weight excluding hydrogens is 118 g/mol. The SMILES string of the molecule is ONC1CC2CCC1O2. The van der Waals surface area contributed by atoms with Gasteiger partial charge in [0, 0.05) is 0 Å². The number of ether oxygens (including phenoxy) is 1. The zero-order chi connectivity index (χ0) is 6.27. The van der Waals surface area contributed by atoms with Crippen molar-refractivity contribution in [2.45, 2.75) is 37.5 Å². The van der Waals surface area contributed by atoms with Crippen molar-refractivity contribution < 1.29 is 9.94 Å². The Kier molecular flexibility index (Phi) is 1.22. The molecule has 2 fully saturated rings. The molecule has 2 saturated heterocycles. The molecule has 0 amide bonds. The lowest BCUT2D eigenvalue weighted by Gasteiger charge is -2.15. The predicted molar refractivity (Wildman–Crippen MR) is 31.2 cm³/mol. The van der Waals surface area contributed by atoms with Crippen LogP contribution in [0.4, 0.5) is 0 Å². The molecule has 0 spiro atoms. The van der Waals surface area contributed by atoms with Gasteiger partial charge in [-0.1, -0.05) is 0 Å². The van der Waals surface area contributed by atoms with Crippen LogP contribution in [0.25, 0.3) is 0 Å². The summed E-state index contributed by atoms with van der Waals surface area (Å²) in [6.45, 7) is 0. The maximum Gasteiger partial charge on any atom is 0.0756 e. The van der Waals surface area contributed by atoms with Crippen molar-refractivity contribution in [3.05, 3.63) is 0 Å². The highest BCUT2D eigenvalue weighted by molar-refractivity contribution is 4.92. The molecule has 0 saturated carbocycles. The molecule has 2 rings (SSSR count). The first-order valence-corrected chi connectivity index (χ1v) is 3.45. The minimum atomic E-state index is 0.212. The summed E-state index contributed by atoms with van der Waals surface area (Å²) >= 11 is 0. The molecule has 2 bridgehead atoms. The van der Waals surface area contributed by atoms with E-state index in [1.54, 1.807) is 0 Å². The van der Waals surface area contributed by atoms with Crippen molar-refractivity contribution in [2.75, 3.05) is 0 Å². The fourth-order valence-electron chi connectivity index (χ4n) is 1.77. The van der Waals surface area contributed by atoms with E-state index >= 15 is 0 Å². The lowest BCUT2D eigenvalue weighted by atomic mass is 9.96. The molecule has 2 heterocycles. The lowest BCUT2D eigenvalue weighted by molar-refractivity contribution is 0.0610. The van der Waals surface area contributed by atoms with E-state index in [2.05, 4.69) is 5.48 Å². The van der Waals surface area contributed by atoms with E-state index in [0.29, 0.717) is 12.2 Å². The van der Waals surface area contributed by atoms with Crippen LogP contribution in [-0.4, -0.2) is 23.5 Å². The number of hydroxylamine groups is 1. The second kappa shape index (κ2) is 1.94. The molecule has 3 heteroatoms. The third-order valence-electron chi connectivity index (χ3n) is 2.27. The average molecular weight is 129 g/mol. The van der Waals surface area contributed by atoms with Crippen LogP contribution in [0.3, 0.4) is 0 Å². The van der Waals surface area contributed by atoms with Crippen LogP contribution in [0, 0.1) is 0 Å². The molecule has 2 aliphatic rings. The van der Waals surface area contributed by atoms with Crippen molar-refractivity contribution in [3.8, 4) is 0 Å². The maximum absolute atomic E-state index is 8.56. The molecule has 0 radical (unpaired) electrons. The van der Waals surface area contributed by atoms with E-state index in [-0.39, 0.29) is 6.04 Å². The van der Waals surface area contributed by atoms with Crippen molar-refractivity contribution in [2.24, 2.45) is 0 Å². The second-order valence-electron chi connectivity index (χ2n) is 2.85. The van der Waals surface area contributed by atoms with E-state index in [1.807, 2.05) is 0 Å². The molecule has 3 atom stereocenters. The van der Waals surface area contributed by atoms with E-state index < -0.39 is 0 Å². The Morgan fingerprint density at radius 3 is 2.67 bits per heavy atom. The highest BCUT2D eigenvalue weighted by Crippen LogP contribution is 2.33. The Bertz CT molecular complexity index is 118. The summed E-state index contributed by atoms with van der Waals surface area (Å²) in [4.78, 5) is 0. The average Bonchev–Trinajstić information content (AvgIpc) is 2.45. The Hall–Kier alpha value is -0.120. The number of rotatable bonds is 1. The number of hydrogen-bond acceptors (Lipinski definition) is 3. The van der Waals surface area contributed by atoms with Gasteiger partial charge in [0.15, 0.2) is 0 Å². The maximum atomic E-state index is 8.56. The van der Waals surface area contributed by atoms with E-state index in [4.69, 9.17) is 9.94 Å². The fraction of sp³-hybridized carbons (Fsp3) is 1.00. The first-order chi connectivity index (χ1) is 4.40. The lowest BCUT2D eigenvalue weighted by Crippen LogP contribution is -2.34. The van der Waals surface area contributed by atoms with Gasteiger partial charge in [0.2, 0.25) is 0 Å². The van der Waals surface area contributed by atoms with Gasteiger partial charge in [-0.05, 0) is 19.3 Å². The van der Waals surface area contributed by atoms with Crippen molar-refractivity contribution in [1.82, 2.24) is 5.48 Å². The quantitative estimate of drug-likeness (QED) is 0.500. The van der Waals surface area contributed by atoms with E-state index in [1.165, 1.54) is 6.42 Å². The standard InChI is InChI=1S/C6H11NO2/c8-7-5-3-4-1-2-6(5)9-4/h4-8H,1-3H2. The van der Waals surface area contributed by atoms with Crippen molar-refractivity contribution in [3.63, 3.8) is 0 Å². The smallest absolute Gasteiger partial charge is 0.0756 e. The van der Waals surface area contributed by atoms with Crippen LogP contribution in [-0.2, 0) is 4.74 Å². The fourth-order valence-corrected chi connectivity index (χ4v) is 1.77. The van der Waals surface area contributed by atoms with Crippen molar-refractivity contribution >= 4 is 0 Å². The van der Waals surface area contributed by atoms with Gasteiger partial charge in [-0.3, -0.25) is 0 Å². The topological polar surface area (TPSA) is 41.5 Å². The van der Waals surface area contributed by atoms with Gasteiger partial charge in [0.05, 0.1) is 18.2 Å². The Balaban J connectivity index is 2.01.